The Hall–Kier alpha value is -0.610. The van der Waals surface area contributed by atoms with Gasteiger partial charge in [0.2, 0.25) is 5.91 Å². The van der Waals surface area contributed by atoms with Crippen molar-refractivity contribution in [3.05, 3.63) is 0 Å². The van der Waals surface area contributed by atoms with Crippen LogP contribution in [0.15, 0.2) is 0 Å². The molecule has 0 radical (unpaired) electrons. The summed E-state index contributed by atoms with van der Waals surface area (Å²) in [5, 5.41) is 3.48. The molecule has 2 saturated heterocycles. The van der Waals surface area contributed by atoms with Crippen LogP contribution in [0.4, 0.5) is 0 Å². The van der Waals surface area contributed by atoms with Gasteiger partial charge >= 0.3 is 0 Å². The summed E-state index contributed by atoms with van der Waals surface area (Å²) in [7, 11) is 2.16. The highest BCUT2D eigenvalue weighted by Crippen LogP contribution is 2.25. The van der Waals surface area contributed by atoms with Gasteiger partial charge in [0, 0.05) is 25.2 Å². The fourth-order valence-electron chi connectivity index (χ4n) is 3.15. The molecule has 2 unspecified atom stereocenters. The van der Waals surface area contributed by atoms with E-state index in [1.807, 2.05) is 0 Å². The van der Waals surface area contributed by atoms with E-state index in [4.69, 9.17) is 0 Å². The second-order valence-electron chi connectivity index (χ2n) is 5.87. The molecule has 2 aliphatic heterocycles. The van der Waals surface area contributed by atoms with Crippen LogP contribution in [0.25, 0.3) is 0 Å². The molecule has 0 spiro atoms. The fourth-order valence-corrected chi connectivity index (χ4v) is 3.15. The van der Waals surface area contributed by atoms with E-state index in [1.54, 1.807) is 0 Å². The molecule has 0 aromatic heterocycles. The SMILES string of the molecule is CN1CCCC(N2CCC(NC3CC3)C2=O)C1. The Morgan fingerprint density at radius 2 is 2.00 bits per heavy atom. The predicted molar refractivity (Wildman–Crippen MR) is 66.8 cm³/mol. The maximum Gasteiger partial charge on any atom is 0.240 e. The molecule has 3 aliphatic rings. The third-order valence-corrected chi connectivity index (χ3v) is 4.29. The van der Waals surface area contributed by atoms with Gasteiger partial charge in [-0.05, 0) is 45.7 Å². The van der Waals surface area contributed by atoms with Crippen LogP contribution < -0.4 is 5.32 Å². The molecule has 2 heterocycles. The van der Waals surface area contributed by atoms with Crippen molar-refractivity contribution < 1.29 is 4.79 Å². The zero-order valence-electron chi connectivity index (χ0n) is 10.7. The van der Waals surface area contributed by atoms with Crippen LogP contribution in [0.1, 0.15) is 32.1 Å². The van der Waals surface area contributed by atoms with Crippen LogP contribution >= 0.6 is 0 Å². The van der Waals surface area contributed by atoms with Gasteiger partial charge in [0.25, 0.3) is 0 Å². The Labute approximate surface area is 103 Å². The smallest absolute Gasteiger partial charge is 0.240 e. The highest BCUT2D eigenvalue weighted by molar-refractivity contribution is 5.84. The molecule has 1 aliphatic carbocycles. The third-order valence-electron chi connectivity index (χ3n) is 4.29. The van der Waals surface area contributed by atoms with E-state index in [2.05, 4.69) is 22.2 Å². The van der Waals surface area contributed by atoms with Crippen molar-refractivity contribution in [3.63, 3.8) is 0 Å². The van der Waals surface area contributed by atoms with E-state index < -0.39 is 0 Å². The van der Waals surface area contributed by atoms with Crippen molar-refractivity contribution in [2.75, 3.05) is 26.7 Å². The molecule has 4 heteroatoms. The summed E-state index contributed by atoms with van der Waals surface area (Å²) in [5.41, 5.74) is 0. The van der Waals surface area contributed by atoms with Gasteiger partial charge in [-0.15, -0.1) is 0 Å². The van der Waals surface area contributed by atoms with Gasteiger partial charge in [-0.2, -0.15) is 0 Å². The maximum absolute atomic E-state index is 12.3. The Bertz CT molecular complexity index is 303. The summed E-state index contributed by atoms with van der Waals surface area (Å²) < 4.78 is 0. The summed E-state index contributed by atoms with van der Waals surface area (Å²) in [4.78, 5) is 16.8. The summed E-state index contributed by atoms with van der Waals surface area (Å²) in [6.07, 6.45) is 5.94. The number of amides is 1. The minimum Gasteiger partial charge on any atom is -0.337 e. The molecule has 3 rings (SSSR count). The van der Waals surface area contributed by atoms with E-state index in [0.717, 1.165) is 19.5 Å². The van der Waals surface area contributed by atoms with Crippen LogP contribution in [-0.4, -0.2) is 60.5 Å². The molecule has 0 aromatic rings. The Balaban J connectivity index is 1.58. The monoisotopic (exact) mass is 237 g/mol. The van der Waals surface area contributed by atoms with Crippen molar-refractivity contribution in [1.82, 2.24) is 15.1 Å². The van der Waals surface area contributed by atoms with Crippen LogP contribution in [0.3, 0.4) is 0 Å². The lowest BCUT2D eigenvalue weighted by Crippen LogP contribution is -2.49. The lowest BCUT2D eigenvalue weighted by atomic mass is 10.1. The van der Waals surface area contributed by atoms with E-state index in [0.29, 0.717) is 18.0 Å². The van der Waals surface area contributed by atoms with Crippen molar-refractivity contribution in [3.8, 4) is 0 Å². The molecule has 4 nitrogen and oxygen atoms in total. The van der Waals surface area contributed by atoms with Crippen molar-refractivity contribution in [1.29, 1.82) is 0 Å². The normalized spacial score (nSPS) is 35.6. The van der Waals surface area contributed by atoms with Crippen LogP contribution in [-0.2, 0) is 4.79 Å². The Kier molecular flexibility index (Phi) is 3.09. The van der Waals surface area contributed by atoms with E-state index in [-0.39, 0.29) is 6.04 Å². The van der Waals surface area contributed by atoms with Gasteiger partial charge in [0.05, 0.1) is 6.04 Å². The molecule has 2 atom stereocenters. The second-order valence-corrected chi connectivity index (χ2v) is 5.87. The highest BCUT2D eigenvalue weighted by atomic mass is 16.2. The third kappa shape index (κ3) is 2.47. The molecule has 3 fully saturated rings. The molecular formula is C13H23N3O. The van der Waals surface area contributed by atoms with E-state index in [9.17, 15) is 4.79 Å². The number of carbonyl (C=O) groups excluding carboxylic acids is 1. The standard InChI is InChI=1S/C13H23N3O/c1-15-7-2-3-11(9-15)16-8-6-12(13(16)17)14-10-4-5-10/h10-12,14H,2-9H2,1H3. The summed E-state index contributed by atoms with van der Waals surface area (Å²) in [6, 6.07) is 1.22. The van der Waals surface area contributed by atoms with Crippen molar-refractivity contribution in [2.45, 2.75) is 50.2 Å². The minimum absolute atomic E-state index is 0.120. The number of rotatable bonds is 3. The van der Waals surface area contributed by atoms with Crippen molar-refractivity contribution >= 4 is 5.91 Å². The zero-order chi connectivity index (χ0) is 11.8. The zero-order valence-corrected chi connectivity index (χ0v) is 10.7. The average molecular weight is 237 g/mol. The lowest BCUT2D eigenvalue weighted by Gasteiger charge is -2.36. The van der Waals surface area contributed by atoms with Crippen LogP contribution in [0, 0.1) is 0 Å². The van der Waals surface area contributed by atoms with Gasteiger partial charge in [0.1, 0.15) is 0 Å². The summed E-state index contributed by atoms with van der Waals surface area (Å²) >= 11 is 0. The first-order valence-electron chi connectivity index (χ1n) is 6.99. The fraction of sp³-hybridized carbons (Fsp3) is 0.923. The van der Waals surface area contributed by atoms with Crippen molar-refractivity contribution in [2.24, 2.45) is 0 Å². The number of hydrogen-bond donors (Lipinski definition) is 1. The van der Waals surface area contributed by atoms with Gasteiger partial charge in [-0.25, -0.2) is 0 Å². The first-order chi connectivity index (χ1) is 8.24. The Morgan fingerprint density at radius 1 is 1.18 bits per heavy atom. The maximum atomic E-state index is 12.3. The number of carbonyl (C=O) groups is 1. The average Bonchev–Trinajstić information content (AvgIpc) is 3.04. The van der Waals surface area contributed by atoms with E-state index in [1.165, 1.54) is 32.2 Å². The number of likely N-dealkylation sites (N-methyl/N-ethyl adjacent to an activating group) is 1. The molecule has 1 amide bonds. The van der Waals surface area contributed by atoms with Crippen LogP contribution in [0.2, 0.25) is 0 Å². The van der Waals surface area contributed by atoms with Gasteiger partial charge in [0.15, 0.2) is 0 Å². The first-order valence-corrected chi connectivity index (χ1v) is 6.99. The number of piperidine rings is 1. The van der Waals surface area contributed by atoms with Gasteiger partial charge in [-0.1, -0.05) is 0 Å². The number of nitrogens with one attached hydrogen (secondary N) is 1. The van der Waals surface area contributed by atoms with Crippen LogP contribution in [0.5, 0.6) is 0 Å². The molecule has 0 bridgehead atoms. The molecule has 1 saturated carbocycles. The van der Waals surface area contributed by atoms with Gasteiger partial charge in [-0.3, -0.25) is 4.79 Å². The van der Waals surface area contributed by atoms with E-state index >= 15 is 0 Å². The van der Waals surface area contributed by atoms with Gasteiger partial charge < -0.3 is 15.1 Å². The number of likely N-dealkylation sites (tertiary alicyclic amines) is 2. The molecular weight excluding hydrogens is 214 g/mol. The molecule has 1 N–H and O–H groups in total. The lowest BCUT2D eigenvalue weighted by molar-refractivity contribution is -0.132. The topological polar surface area (TPSA) is 35.6 Å². The molecule has 96 valence electrons. The summed E-state index contributed by atoms with van der Waals surface area (Å²) in [5.74, 6) is 0.359. The highest BCUT2D eigenvalue weighted by Gasteiger charge is 2.39. The quantitative estimate of drug-likeness (QED) is 0.773. The molecule has 0 aromatic carbocycles. The number of nitrogens with zero attached hydrogens (tertiary/aromatic N) is 2. The Morgan fingerprint density at radius 3 is 2.71 bits per heavy atom. The molecule has 17 heavy (non-hydrogen) atoms. The minimum atomic E-state index is 0.120. The largest absolute Gasteiger partial charge is 0.337 e. The predicted octanol–water partition coefficient (Wildman–Crippen LogP) is 0.433. The second kappa shape index (κ2) is 4.58. The summed E-state index contributed by atoms with van der Waals surface area (Å²) in [6.45, 7) is 3.20. The first kappa shape index (κ1) is 11.5. The number of hydrogen-bond acceptors (Lipinski definition) is 3.